The van der Waals surface area contributed by atoms with Gasteiger partial charge < -0.3 is 15.4 Å². The van der Waals surface area contributed by atoms with Crippen molar-refractivity contribution in [3.8, 4) is 0 Å². The molecule has 0 saturated carbocycles. The molecule has 0 bridgehead atoms. The van der Waals surface area contributed by atoms with Gasteiger partial charge in [-0.1, -0.05) is 25.4 Å². The number of esters is 1. The SMILES string of the molecule is CCOC(=O)c1cc(N)cc(Cl)c1N1CCC(C)(C)C1. The van der Waals surface area contributed by atoms with Crippen LogP contribution in [0.3, 0.4) is 0 Å². The zero-order valence-corrected chi connectivity index (χ0v) is 13.0. The first-order chi connectivity index (χ1) is 9.34. The van der Waals surface area contributed by atoms with Crippen molar-refractivity contribution in [1.82, 2.24) is 0 Å². The van der Waals surface area contributed by atoms with Crippen LogP contribution in [-0.2, 0) is 4.74 Å². The lowest BCUT2D eigenvalue weighted by atomic mass is 9.93. The monoisotopic (exact) mass is 296 g/mol. The van der Waals surface area contributed by atoms with Crippen molar-refractivity contribution in [1.29, 1.82) is 0 Å². The second-order valence-corrected chi connectivity index (χ2v) is 6.36. The van der Waals surface area contributed by atoms with Crippen LogP contribution in [0, 0.1) is 5.41 Å². The molecule has 1 aliphatic rings. The molecule has 1 aromatic carbocycles. The van der Waals surface area contributed by atoms with Gasteiger partial charge in [0, 0.05) is 18.8 Å². The number of ether oxygens (including phenoxy) is 1. The van der Waals surface area contributed by atoms with Crippen molar-refractivity contribution in [2.45, 2.75) is 27.2 Å². The van der Waals surface area contributed by atoms with Crippen molar-refractivity contribution >= 4 is 28.9 Å². The number of benzene rings is 1. The molecule has 2 N–H and O–H groups in total. The number of nitrogens with two attached hydrogens (primary N) is 1. The quantitative estimate of drug-likeness (QED) is 0.686. The van der Waals surface area contributed by atoms with Crippen LogP contribution in [0.4, 0.5) is 11.4 Å². The van der Waals surface area contributed by atoms with Gasteiger partial charge in [0.05, 0.1) is 22.9 Å². The lowest BCUT2D eigenvalue weighted by molar-refractivity contribution is 0.0527. The summed E-state index contributed by atoms with van der Waals surface area (Å²) >= 11 is 6.32. The normalized spacial score (nSPS) is 17.3. The molecule has 0 atom stereocenters. The largest absolute Gasteiger partial charge is 0.462 e. The molecule has 110 valence electrons. The molecule has 2 rings (SSSR count). The number of halogens is 1. The van der Waals surface area contributed by atoms with E-state index in [4.69, 9.17) is 22.1 Å². The summed E-state index contributed by atoms with van der Waals surface area (Å²) in [6.07, 6.45) is 1.07. The number of anilines is 2. The Kier molecular flexibility index (Phi) is 4.14. The van der Waals surface area contributed by atoms with Gasteiger partial charge >= 0.3 is 5.97 Å². The van der Waals surface area contributed by atoms with E-state index >= 15 is 0 Å². The van der Waals surface area contributed by atoms with Crippen LogP contribution in [0.15, 0.2) is 12.1 Å². The lowest BCUT2D eigenvalue weighted by Crippen LogP contribution is -2.25. The van der Waals surface area contributed by atoms with Gasteiger partial charge in [0.25, 0.3) is 0 Å². The van der Waals surface area contributed by atoms with Crippen molar-refractivity contribution < 1.29 is 9.53 Å². The molecular formula is C15H21ClN2O2. The van der Waals surface area contributed by atoms with Gasteiger partial charge in [0.2, 0.25) is 0 Å². The fourth-order valence-corrected chi connectivity index (χ4v) is 2.96. The molecule has 5 heteroatoms. The maximum Gasteiger partial charge on any atom is 0.340 e. The highest BCUT2D eigenvalue weighted by Gasteiger charge is 2.32. The fourth-order valence-electron chi connectivity index (χ4n) is 2.61. The van der Waals surface area contributed by atoms with Crippen LogP contribution >= 0.6 is 11.6 Å². The second kappa shape index (κ2) is 5.52. The maximum absolute atomic E-state index is 12.1. The summed E-state index contributed by atoms with van der Waals surface area (Å²) in [6.45, 7) is 8.28. The van der Waals surface area contributed by atoms with Crippen molar-refractivity contribution in [2.75, 3.05) is 30.3 Å². The lowest BCUT2D eigenvalue weighted by Gasteiger charge is -2.25. The Balaban J connectivity index is 2.43. The minimum absolute atomic E-state index is 0.219. The van der Waals surface area contributed by atoms with Gasteiger partial charge in [0.1, 0.15) is 0 Å². The van der Waals surface area contributed by atoms with E-state index in [-0.39, 0.29) is 11.4 Å². The number of carbonyl (C=O) groups is 1. The summed E-state index contributed by atoms with van der Waals surface area (Å²) in [4.78, 5) is 14.3. The van der Waals surface area contributed by atoms with Crippen LogP contribution in [0.5, 0.6) is 0 Å². The summed E-state index contributed by atoms with van der Waals surface area (Å²) < 4.78 is 5.11. The Labute approximate surface area is 124 Å². The third-order valence-electron chi connectivity index (χ3n) is 3.57. The zero-order valence-electron chi connectivity index (χ0n) is 12.2. The van der Waals surface area contributed by atoms with Crippen LogP contribution in [-0.4, -0.2) is 25.7 Å². The Morgan fingerprint density at radius 1 is 1.50 bits per heavy atom. The van der Waals surface area contributed by atoms with E-state index in [1.54, 1.807) is 19.1 Å². The molecule has 20 heavy (non-hydrogen) atoms. The molecule has 1 fully saturated rings. The Morgan fingerprint density at radius 2 is 2.20 bits per heavy atom. The van der Waals surface area contributed by atoms with E-state index in [1.807, 2.05) is 0 Å². The highest BCUT2D eigenvalue weighted by molar-refractivity contribution is 6.34. The molecule has 1 heterocycles. The molecule has 0 radical (unpaired) electrons. The molecule has 0 unspecified atom stereocenters. The highest BCUT2D eigenvalue weighted by atomic mass is 35.5. The summed E-state index contributed by atoms with van der Waals surface area (Å²) in [5, 5.41) is 0.505. The average Bonchev–Trinajstić information content (AvgIpc) is 2.68. The number of rotatable bonds is 3. The Bertz CT molecular complexity index is 529. The molecule has 0 aliphatic carbocycles. The molecular weight excluding hydrogens is 276 g/mol. The molecule has 0 amide bonds. The maximum atomic E-state index is 12.1. The minimum atomic E-state index is -0.374. The van der Waals surface area contributed by atoms with Gasteiger partial charge in [-0.15, -0.1) is 0 Å². The fraction of sp³-hybridized carbons (Fsp3) is 0.533. The zero-order chi connectivity index (χ0) is 14.9. The summed E-state index contributed by atoms with van der Waals surface area (Å²) in [5.41, 5.74) is 7.69. The second-order valence-electron chi connectivity index (χ2n) is 5.96. The third-order valence-corrected chi connectivity index (χ3v) is 3.86. The number of nitrogens with zero attached hydrogens (tertiary/aromatic N) is 1. The van der Waals surface area contributed by atoms with E-state index < -0.39 is 0 Å². The number of hydrogen-bond donors (Lipinski definition) is 1. The molecule has 4 nitrogen and oxygen atoms in total. The van der Waals surface area contributed by atoms with Gasteiger partial charge in [0.15, 0.2) is 0 Å². The van der Waals surface area contributed by atoms with Gasteiger partial charge in [-0.3, -0.25) is 0 Å². The van der Waals surface area contributed by atoms with Gasteiger partial charge in [-0.25, -0.2) is 4.79 Å². The standard InChI is InChI=1S/C15H21ClN2O2/c1-4-20-14(19)11-7-10(17)8-12(16)13(11)18-6-5-15(2,3)9-18/h7-8H,4-6,9,17H2,1-3H3. The van der Waals surface area contributed by atoms with E-state index in [0.717, 1.165) is 25.2 Å². The average molecular weight is 297 g/mol. The summed E-state index contributed by atoms with van der Waals surface area (Å²) in [5.74, 6) is -0.374. The molecule has 1 aromatic rings. The first-order valence-electron chi connectivity index (χ1n) is 6.85. The van der Waals surface area contributed by atoms with E-state index in [1.165, 1.54) is 0 Å². The van der Waals surface area contributed by atoms with Crippen molar-refractivity contribution in [2.24, 2.45) is 5.41 Å². The Morgan fingerprint density at radius 3 is 2.75 bits per heavy atom. The molecule has 1 aliphatic heterocycles. The van der Waals surface area contributed by atoms with Crippen LogP contribution in [0.2, 0.25) is 5.02 Å². The Hall–Kier alpha value is -1.42. The van der Waals surface area contributed by atoms with Crippen LogP contribution in [0.25, 0.3) is 0 Å². The van der Waals surface area contributed by atoms with E-state index in [0.29, 0.717) is 22.9 Å². The number of hydrogen-bond acceptors (Lipinski definition) is 4. The first kappa shape index (κ1) is 15.0. The van der Waals surface area contributed by atoms with Gasteiger partial charge in [-0.05, 0) is 30.9 Å². The van der Waals surface area contributed by atoms with Crippen LogP contribution in [0.1, 0.15) is 37.6 Å². The topological polar surface area (TPSA) is 55.6 Å². The van der Waals surface area contributed by atoms with Crippen molar-refractivity contribution in [3.05, 3.63) is 22.7 Å². The first-order valence-corrected chi connectivity index (χ1v) is 7.23. The van der Waals surface area contributed by atoms with E-state index in [9.17, 15) is 4.79 Å². The van der Waals surface area contributed by atoms with E-state index in [2.05, 4.69) is 18.7 Å². The predicted molar refractivity (Wildman–Crippen MR) is 82.4 cm³/mol. The number of nitrogen functional groups attached to an aromatic ring is 1. The number of carbonyl (C=O) groups excluding carboxylic acids is 1. The predicted octanol–water partition coefficient (Wildman–Crippen LogP) is 3.34. The highest BCUT2D eigenvalue weighted by Crippen LogP contribution is 2.39. The minimum Gasteiger partial charge on any atom is -0.462 e. The summed E-state index contributed by atoms with van der Waals surface area (Å²) in [6, 6.07) is 3.33. The van der Waals surface area contributed by atoms with Crippen molar-refractivity contribution in [3.63, 3.8) is 0 Å². The summed E-state index contributed by atoms with van der Waals surface area (Å²) in [7, 11) is 0. The smallest absolute Gasteiger partial charge is 0.340 e. The molecule has 0 aromatic heterocycles. The molecule has 0 spiro atoms. The molecule has 1 saturated heterocycles. The third kappa shape index (κ3) is 3.01. The van der Waals surface area contributed by atoms with Gasteiger partial charge in [-0.2, -0.15) is 0 Å². The van der Waals surface area contributed by atoms with Crippen LogP contribution < -0.4 is 10.6 Å².